The molecule has 2 atom stereocenters. The van der Waals surface area contributed by atoms with Crippen molar-refractivity contribution >= 4 is 17.4 Å². The first-order valence-corrected chi connectivity index (χ1v) is 12.2. The minimum absolute atomic E-state index is 0.313. The number of rotatable bonds is 12. The first-order chi connectivity index (χ1) is 16.5. The molecule has 1 fully saturated rings. The van der Waals surface area contributed by atoms with E-state index in [1.165, 1.54) is 11.1 Å². The lowest BCUT2D eigenvalue weighted by molar-refractivity contribution is 0.323. The zero-order valence-electron chi connectivity index (χ0n) is 20.8. The van der Waals surface area contributed by atoms with E-state index in [1.54, 1.807) is 35.5 Å². The Morgan fingerprint density at radius 2 is 1.18 bits per heavy atom. The van der Waals surface area contributed by atoms with Gasteiger partial charge >= 0.3 is 0 Å². The van der Waals surface area contributed by atoms with Crippen LogP contribution < -0.4 is 28.6 Å². The molecule has 6 nitrogen and oxygen atoms in total. The topological polar surface area (TPSA) is 49.4 Å². The molecule has 3 rings (SSSR count). The minimum Gasteiger partial charge on any atom is -0.493 e. The Morgan fingerprint density at radius 3 is 1.59 bits per heavy atom. The molecule has 2 aromatic carbocycles. The fourth-order valence-corrected chi connectivity index (χ4v) is 5.91. The van der Waals surface area contributed by atoms with Gasteiger partial charge < -0.3 is 28.6 Å². The maximum atomic E-state index is 5.74. The molecular formula is C27H35NO5S. The van der Waals surface area contributed by atoms with E-state index in [0.717, 1.165) is 30.0 Å². The molecule has 1 heterocycles. The molecule has 34 heavy (non-hydrogen) atoms. The number of benzene rings is 2. The van der Waals surface area contributed by atoms with Crippen LogP contribution in [0.3, 0.4) is 0 Å². The van der Waals surface area contributed by atoms with Gasteiger partial charge in [-0.05, 0) is 48.2 Å². The highest BCUT2D eigenvalue weighted by Crippen LogP contribution is 2.56. The molecule has 1 aliphatic rings. The Bertz CT molecular complexity index is 974. The van der Waals surface area contributed by atoms with Crippen LogP contribution in [0.4, 0.5) is 5.69 Å². The third-order valence-corrected chi connectivity index (χ3v) is 7.64. The lowest BCUT2D eigenvalue weighted by Gasteiger charge is -2.26. The molecule has 0 amide bonds. The van der Waals surface area contributed by atoms with Gasteiger partial charge in [0.1, 0.15) is 0 Å². The highest BCUT2D eigenvalue weighted by Gasteiger charge is 2.31. The maximum Gasteiger partial charge on any atom is 0.203 e. The summed E-state index contributed by atoms with van der Waals surface area (Å²) < 4.78 is 28.1. The number of hydrogen-bond donors (Lipinski definition) is 0. The number of hydrogen-bond acceptors (Lipinski definition) is 7. The van der Waals surface area contributed by atoms with Crippen LogP contribution in [-0.4, -0.2) is 48.6 Å². The summed E-state index contributed by atoms with van der Waals surface area (Å²) in [7, 11) is 8.27. The molecule has 7 heteroatoms. The van der Waals surface area contributed by atoms with Gasteiger partial charge in [0.05, 0.1) is 41.2 Å². The summed E-state index contributed by atoms with van der Waals surface area (Å²) in [6, 6.07) is 8.41. The Hall–Kier alpha value is -2.93. The summed E-state index contributed by atoms with van der Waals surface area (Å²) in [4.78, 5) is 2.18. The second kappa shape index (κ2) is 12.0. The summed E-state index contributed by atoms with van der Waals surface area (Å²) in [6.07, 6.45) is 5.85. The molecule has 1 aliphatic heterocycles. The van der Waals surface area contributed by atoms with Crippen molar-refractivity contribution in [2.24, 2.45) is 0 Å². The standard InChI is InChI=1S/C27H35NO5S/c1-8-12-28(13-9-2)20-14-18(15-21(29-3)26(20)32-6)24-10-11-25(34-24)19-16-22(30-4)27(33-7)23(17-19)31-5/h8-9,14-17,24-25H,1-2,10-13H2,3-7H3. The fourth-order valence-electron chi connectivity index (χ4n) is 4.38. The summed E-state index contributed by atoms with van der Waals surface area (Å²) in [6.45, 7) is 9.18. The number of ether oxygens (including phenoxy) is 5. The molecule has 0 saturated carbocycles. The Kier molecular flexibility index (Phi) is 9.05. The van der Waals surface area contributed by atoms with Gasteiger partial charge in [0.2, 0.25) is 5.75 Å². The largest absolute Gasteiger partial charge is 0.493 e. The van der Waals surface area contributed by atoms with Gasteiger partial charge in [-0.25, -0.2) is 0 Å². The quantitative estimate of drug-likeness (QED) is 0.331. The van der Waals surface area contributed by atoms with Crippen molar-refractivity contribution in [1.82, 2.24) is 0 Å². The number of anilines is 1. The number of thioether (sulfide) groups is 1. The van der Waals surface area contributed by atoms with E-state index in [1.807, 2.05) is 23.9 Å². The Labute approximate surface area is 207 Å². The molecule has 0 aromatic heterocycles. The molecule has 0 spiro atoms. The van der Waals surface area contributed by atoms with Crippen LogP contribution in [-0.2, 0) is 0 Å². The summed E-state index contributed by atoms with van der Waals surface area (Å²) in [5.41, 5.74) is 3.36. The zero-order valence-corrected chi connectivity index (χ0v) is 21.6. The third kappa shape index (κ3) is 5.25. The van der Waals surface area contributed by atoms with Crippen molar-refractivity contribution in [2.45, 2.75) is 23.3 Å². The van der Waals surface area contributed by atoms with Gasteiger partial charge in [0, 0.05) is 23.6 Å². The second-order valence-electron chi connectivity index (χ2n) is 7.91. The predicted octanol–water partition coefficient (Wildman–Crippen LogP) is 6.22. The number of methoxy groups -OCH3 is 5. The first-order valence-electron chi connectivity index (χ1n) is 11.2. The Balaban J connectivity index is 1.96. The van der Waals surface area contributed by atoms with Crippen LogP contribution in [0.1, 0.15) is 34.5 Å². The van der Waals surface area contributed by atoms with Crippen molar-refractivity contribution in [2.75, 3.05) is 53.5 Å². The van der Waals surface area contributed by atoms with Crippen molar-refractivity contribution < 1.29 is 23.7 Å². The van der Waals surface area contributed by atoms with Gasteiger partial charge in [-0.15, -0.1) is 24.9 Å². The van der Waals surface area contributed by atoms with Crippen LogP contribution in [0.2, 0.25) is 0 Å². The van der Waals surface area contributed by atoms with Crippen molar-refractivity contribution in [3.05, 3.63) is 60.7 Å². The third-order valence-electron chi connectivity index (χ3n) is 5.97. The van der Waals surface area contributed by atoms with Crippen LogP contribution >= 0.6 is 11.8 Å². The smallest absolute Gasteiger partial charge is 0.203 e. The van der Waals surface area contributed by atoms with Crippen LogP contribution in [0.25, 0.3) is 0 Å². The van der Waals surface area contributed by atoms with E-state index in [-0.39, 0.29) is 0 Å². The van der Waals surface area contributed by atoms with E-state index in [0.29, 0.717) is 40.8 Å². The minimum atomic E-state index is 0.313. The number of nitrogens with zero attached hydrogens (tertiary/aromatic N) is 1. The molecule has 1 saturated heterocycles. The normalized spacial score (nSPS) is 17.1. The van der Waals surface area contributed by atoms with Gasteiger partial charge in [0.25, 0.3) is 0 Å². The van der Waals surface area contributed by atoms with Crippen LogP contribution in [0.5, 0.6) is 28.7 Å². The molecule has 0 bridgehead atoms. The molecule has 0 N–H and O–H groups in total. The van der Waals surface area contributed by atoms with Crippen molar-refractivity contribution in [3.8, 4) is 28.7 Å². The Morgan fingerprint density at radius 1 is 0.735 bits per heavy atom. The van der Waals surface area contributed by atoms with E-state index in [4.69, 9.17) is 23.7 Å². The van der Waals surface area contributed by atoms with Crippen LogP contribution in [0, 0.1) is 0 Å². The second-order valence-corrected chi connectivity index (χ2v) is 9.32. The van der Waals surface area contributed by atoms with E-state index >= 15 is 0 Å². The lowest BCUT2D eigenvalue weighted by Crippen LogP contribution is -2.24. The summed E-state index contributed by atoms with van der Waals surface area (Å²) >= 11 is 1.94. The fraction of sp³-hybridized carbons (Fsp3) is 0.407. The molecule has 0 aliphatic carbocycles. The zero-order chi connectivity index (χ0) is 24.7. The average molecular weight is 486 g/mol. The van der Waals surface area contributed by atoms with E-state index in [2.05, 4.69) is 42.3 Å². The summed E-state index contributed by atoms with van der Waals surface area (Å²) in [5.74, 6) is 3.42. The van der Waals surface area contributed by atoms with Crippen LogP contribution in [0.15, 0.2) is 49.6 Å². The molecule has 184 valence electrons. The van der Waals surface area contributed by atoms with E-state index in [9.17, 15) is 0 Å². The maximum absolute atomic E-state index is 5.74. The molecule has 2 aromatic rings. The molecular weight excluding hydrogens is 450 g/mol. The highest BCUT2D eigenvalue weighted by atomic mass is 32.2. The van der Waals surface area contributed by atoms with Gasteiger partial charge in [0.15, 0.2) is 23.0 Å². The van der Waals surface area contributed by atoms with Crippen molar-refractivity contribution in [3.63, 3.8) is 0 Å². The SMILES string of the molecule is C=CCN(CC=C)c1cc(C2CCC(c3cc(OC)c(OC)c(OC)c3)S2)cc(OC)c1OC. The highest BCUT2D eigenvalue weighted by molar-refractivity contribution is 8.00. The first kappa shape index (κ1) is 25.7. The molecule has 2 unspecified atom stereocenters. The lowest BCUT2D eigenvalue weighted by atomic mass is 10.0. The summed E-state index contributed by atoms with van der Waals surface area (Å²) in [5, 5.41) is 0.629. The van der Waals surface area contributed by atoms with Gasteiger partial charge in [-0.1, -0.05) is 12.2 Å². The predicted molar refractivity (Wildman–Crippen MR) is 141 cm³/mol. The monoisotopic (exact) mass is 485 g/mol. The molecule has 0 radical (unpaired) electrons. The average Bonchev–Trinajstić information content (AvgIpc) is 3.37. The van der Waals surface area contributed by atoms with Gasteiger partial charge in [-0.3, -0.25) is 0 Å². The van der Waals surface area contributed by atoms with Gasteiger partial charge in [-0.2, -0.15) is 0 Å². The van der Waals surface area contributed by atoms with E-state index < -0.39 is 0 Å². The van der Waals surface area contributed by atoms with Crippen molar-refractivity contribution in [1.29, 1.82) is 0 Å².